The van der Waals surface area contributed by atoms with Gasteiger partial charge in [0.15, 0.2) is 11.5 Å². The van der Waals surface area contributed by atoms with Crippen molar-refractivity contribution in [1.29, 1.82) is 0 Å². The number of hydrogen-bond donors (Lipinski definition) is 2. The highest BCUT2D eigenvalue weighted by Gasteiger charge is 2.25. The van der Waals surface area contributed by atoms with Crippen LogP contribution in [0.4, 0.5) is 0 Å². The Labute approximate surface area is 108 Å². The Bertz CT molecular complexity index is 388. The van der Waals surface area contributed by atoms with E-state index in [1.165, 1.54) is 0 Å². The standard InChI is InChI=1S/C13H22N2O3/c1-13(2,15)12(14)8-6-9(16-3)11(18-5)10(7-8)17-4/h6-7,12H,14-15H2,1-5H3. The summed E-state index contributed by atoms with van der Waals surface area (Å²) in [6.07, 6.45) is 0. The lowest BCUT2D eigenvalue weighted by Crippen LogP contribution is -2.43. The highest BCUT2D eigenvalue weighted by atomic mass is 16.5. The molecule has 1 rings (SSSR count). The first-order valence-corrected chi connectivity index (χ1v) is 5.69. The van der Waals surface area contributed by atoms with Crippen molar-refractivity contribution in [2.45, 2.75) is 25.4 Å². The van der Waals surface area contributed by atoms with Crippen molar-refractivity contribution in [3.05, 3.63) is 17.7 Å². The zero-order valence-electron chi connectivity index (χ0n) is 11.6. The average Bonchev–Trinajstić information content (AvgIpc) is 2.34. The monoisotopic (exact) mass is 254 g/mol. The SMILES string of the molecule is COc1cc(C(N)C(C)(C)N)cc(OC)c1OC. The van der Waals surface area contributed by atoms with Gasteiger partial charge in [-0.2, -0.15) is 0 Å². The van der Waals surface area contributed by atoms with E-state index in [0.717, 1.165) is 5.56 Å². The van der Waals surface area contributed by atoms with E-state index in [9.17, 15) is 0 Å². The van der Waals surface area contributed by atoms with Crippen molar-refractivity contribution in [3.8, 4) is 17.2 Å². The summed E-state index contributed by atoms with van der Waals surface area (Å²) in [7, 11) is 4.70. The fraction of sp³-hybridized carbons (Fsp3) is 0.538. The third kappa shape index (κ3) is 2.86. The third-order valence-corrected chi connectivity index (χ3v) is 2.85. The summed E-state index contributed by atoms with van der Waals surface area (Å²) in [6, 6.07) is 3.31. The molecule has 0 radical (unpaired) electrons. The van der Waals surface area contributed by atoms with Crippen LogP contribution in [0.1, 0.15) is 25.5 Å². The molecule has 0 bridgehead atoms. The smallest absolute Gasteiger partial charge is 0.203 e. The molecular formula is C13H22N2O3. The van der Waals surface area contributed by atoms with Crippen molar-refractivity contribution in [2.75, 3.05) is 21.3 Å². The maximum absolute atomic E-state index is 6.13. The molecule has 5 heteroatoms. The number of rotatable bonds is 5. The van der Waals surface area contributed by atoms with E-state index in [2.05, 4.69) is 0 Å². The van der Waals surface area contributed by atoms with Gasteiger partial charge in [-0.25, -0.2) is 0 Å². The molecule has 0 aliphatic carbocycles. The van der Waals surface area contributed by atoms with E-state index in [-0.39, 0.29) is 6.04 Å². The predicted octanol–water partition coefficient (Wildman–Crippen LogP) is 1.45. The van der Waals surface area contributed by atoms with Crippen LogP contribution in [-0.2, 0) is 0 Å². The van der Waals surface area contributed by atoms with Crippen molar-refractivity contribution >= 4 is 0 Å². The molecule has 0 spiro atoms. The first-order chi connectivity index (χ1) is 8.35. The summed E-state index contributed by atoms with van der Waals surface area (Å²) in [5.41, 5.74) is 12.5. The molecular weight excluding hydrogens is 232 g/mol. The van der Waals surface area contributed by atoms with E-state index in [4.69, 9.17) is 25.7 Å². The second kappa shape index (κ2) is 5.46. The van der Waals surface area contributed by atoms with Gasteiger partial charge in [-0.3, -0.25) is 0 Å². The first kappa shape index (κ1) is 14.6. The molecule has 5 nitrogen and oxygen atoms in total. The molecule has 0 aliphatic heterocycles. The molecule has 0 saturated carbocycles. The zero-order chi connectivity index (χ0) is 13.9. The van der Waals surface area contributed by atoms with Gasteiger partial charge in [0.1, 0.15) is 0 Å². The molecule has 1 aromatic rings. The van der Waals surface area contributed by atoms with Crippen LogP contribution >= 0.6 is 0 Å². The fourth-order valence-corrected chi connectivity index (χ4v) is 1.71. The van der Waals surface area contributed by atoms with Gasteiger partial charge in [-0.05, 0) is 31.5 Å². The van der Waals surface area contributed by atoms with Crippen LogP contribution in [0.25, 0.3) is 0 Å². The first-order valence-electron chi connectivity index (χ1n) is 5.69. The van der Waals surface area contributed by atoms with Gasteiger partial charge in [-0.1, -0.05) is 0 Å². The fourth-order valence-electron chi connectivity index (χ4n) is 1.71. The molecule has 0 amide bonds. The van der Waals surface area contributed by atoms with Crippen LogP contribution in [0, 0.1) is 0 Å². The Morgan fingerprint density at radius 2 is 1.44 bits per heavy atom. The highest BCUT2D eigenvalue weighted by molar-refractivity contribution is 5.54. The maximum atomic E-state index is 6.13. The molecule has 102 valence electrons. The van der Waals surface area contributed by atoms with Gasteiger partial charge in [-0.15, -0.1) is 0 Å². The van der Waals surface area contributed by atoms with Crippen LogP contribution in [0.5, 0.6) is 17.2 Å². The summed E-state index contributed by atoms with van der Waals surface area (Å²) in [5, 5.41) is 0. The van der Waals surface area contributed by atoms with E-state index in [1.54, 1.807) is 21.3 Å². The van der Waals surface area contributed by atoms with Gasteiger partial charge < -0.3 is 25.7 Å². The average molecular weight is 254 g/mol. The molecule has 0 fully saturated rings. The minimum absolute atomic E-state index is 0.328. The predicted molar refractivity (Wildman–Crippen MR) is 71.3 cm³/mol. The molecule has 1 atom stereocenters. The van der Waals surface area contributed by atoms with Crippen molar-refractivity contribution in [1.82, 2.24) is 0 Å². The molecule has 0 aliphatic rings. The molecule has 0 heterocycles. The number of nitrogens with two attached hydrogens (primary N) is 2. The molecule has 0 saturated heterocycles. The molecule has 0 aromatic heterocycles. The molecule has 1 unspecified atom stereocenters. The van der Waals surface area contributed by atoms with E-state index >= 15 is 0 Å². The second-order valence-corrected chi connectivity index (χ2v) is 4.76. The topological polar surface area (TPSA) is 79.7 Å². The van der Waals surface area contributed by atoms with Gasteiger partial charge in [0.2, 0.25) is 5.75 Å². The number of hydrogen-bond acceptors (Lipinski definition) is 5. The van der Waals surface area contributed by atoms with Crippen LogP contribution in [0.2, 0.25) is 0 Å². The van der Waals surface area contributed by atoms with Crippen LogP contribution in [0.15, 0.2) is 12.1 Å². The second-order valence-electron chi connectivity index (χ2n) is 4.76. The lowest BCUT2D eigenvalue weighted by molar-refractivity contribution is 0.322. The van der Waals surface area contributed by atoms with Gasteiger partial charge in [0, 0.05) is 11.6 Å². The lowest BCUT2D eigenvalue weighted by atomic mass is 9.90. The quantitative estimate of drug-likeness (QED) is 0.831. The zero-order valence-corrected chi connectivity index (χ0v) is 11.6. The lowest BCUT2D eigenvalue weighted by Gasteiger charge is -2.28. The van der Waals surface area contributed by atoms with Crippen LogP contribution in [0.3, 0.4) is 0 Å². The van der Waals surface area contributed by atoms with Gasteiger partial charge in [0.25, 0.3) is 0 Å². The summed E-state index contributed by atoms with van der Waals surface area (Å²) in [6.45, 7) is 3.75. The minimum Gasteiger partial charge on any atom is -0.493 e. The summed E-state index contributed by atoms with van der Waals surface area (Å²) in [5.74, 6) is 1.70. The van der Waals surface area contributed by atoms with E-state index in [1.807, 2.05) is 26.0 Å². The Balaban J connectivity index is 3.32. The van der Waals surface area contributed by atoms with Crippen LogP contribution < -0.4 is 25.7 Å². The minimum atomic E-state index is -0.537. The van der Waals surface area contributed by atoms with Crippen molar-refractivity contribution < 1.29 is 14.2 Å². The number of benzene rings is 1. The Morgan fingerprint density at radius 3 is 1.72 bits per heavy atom. The number of methoxy groups -OCH3 is 3. The number of ether oxygens (including phenoxy) is 3. The van der Waals surface area contributed by atoms with Crippen LogP contribution in [-0.4, -0.2) is 26.9 Å². The van der Waals surface area contributed by atoms with Crippen molar-refractivity contribution in [3.63, 3.8) is 0 Å². The molecule has 4 N–H and O–H groups in total. The largest absolute Gasteiger partial charge is 0.493 e. The molecule has 1 aromatic carbocycles. The maximum Gasteiger partial charge on any atom is 0.203 e. The Morgan fingerprint density at radius 1 is 1.00 bits per heavy atom. The summed E-state index contributed by atoms with van der Waals surface area (Å²) in [4.78, 5) is 0. The van der Waals surface area contributed by atoms with E-state index < -0.39 is 5.54 Å². The normalized spacial score (nSPS) is 13.1. The third-order valence-electron chi connectivity index (χ3n) is 2.85. The highest BCUT2D eigenvalue weighted by Crippen LogP contribution is 2.40. The molecule has 18 heavy (non-hydrogen) atoms. The van der Waals surface area contributed by atoms with Gasteiger partial charge >= 0.3 is 0 Å². The Hall–Kier alpha value is -1.46. The Kier molecular flexibility index (Phi) is 4.43. The van der Waals surface area contributed by atoms with Gasteiger partial charge in [0.05, 0.1) is 21.3 Å². The summed E-state index contributed by atoms with van der Waals surface area (Å²) >= 11 is 0. The van der Waals surface area contributed by atoms with Crippen molar-refractivity contribution in [2.24, 2.45) is 11.5 Å². The van der Waals surface area contributed by atoms with E-state index in [0.29, 0.717) is 17.2 Å². The summed E-state index contributed by atoms with van der Waals surface area (Å²) < 4.78 is 15.8.